The average molecular weight is 378 g/mol. The molecular formula is C17H18N2O6S. The molecule has 0 radical (unpaired) electrons. The standard InChI is InChI=1S/C17H18N2O6S/c1-23-12-2-4-13(5-3-12)24-9-8-18-26(21,22)14-6-7-16-15(10-14)19-17(20)11-25-16/h2-7,10,18H,8-9,11H2,1H3,(H,19,20). The van der Waals surface area contributed by atoms with Crippen molar-refractivity contribution in [3.63, 3.8) is 0 Å². The lowest BCUT2D eigenvalue weighted by atomic mass is 10.2. The molecule has 3 rings (SSSR count). The van der Waals surface area contributed by atoms with Gasteiger partial charge in [-0.2, -0.15) is 0 Å². The van der Waals surface area contributed by atoms with Crippen molar-refractivity contribution in [1.29, 1.82) is 0 Å². The van der Waals surface area contributed by atoms with Crippen molar-refractivity contribution in [2.45, 2.75) is 4.90 Å². The number of benzene rings is 2. The van der Waals surface area contributed by atoms with Crippen molar-refractivity contribution in [3.8, 4) is 17.2 Å². The molecule has 0 saturated heterocycles. The first-order valence-electron chi connectivity index (χ1n) is 7.81. The molecule has 0 saturated carbocycles. The van der Waals surface area contributed by atoms with Gasteiger partial charge in [-0.25, -0.2) is 13.1 Å². The minimum Gasteiger partial charge on any atom is -0.497 e. The number of carbonyl (C=O) groups is 1. The Hall–Kier alpha value is -2.78. The summed E-state index contributed by atoms with van der Waals surface area (Å²) in [7, 11) is -2.16. The number of amides is 1. The van der Waals surface area contributed by atoms with Gasteiger partial charge in [0.2, 0.25) is 10.0 Å². The molecule has 0 bridgehead atoms. The molecule has 9 heteroatoms. The Kier molecular flexibility index (Phi) is 5.29. The summed E-state index contributed by atoms with van der Waals surface area (Å²) in [6.07, 6.45) is 0. The van der Waals surface area contributed by atoms with Crippen molar-refractivity contribution in [2.75, 3.05) is 32.2 Å². The van der Waals surface area contributed by atoms with Gasteiger partial charge in [-0.3, -0.25) is 4.79 Å². The van der Waals surface area contributed by atoms with Crippen LogP contribution in [0.1, 0.15) is 0 Å². The maximum Gasteiger partial charge on any atom is 0.262 e. The Morgan fingerprint density at radius 3 is 2.62 bits per heavy atom. The molecule has 1 amide bonds. The SMILES string of the molecule is COc1ccc(OCCNS(=O)(=O)c2ccc3c(c2)NC(=O)CO3)cc1. The minimum atomic E-state index is -3.73. The zero-order valence-corrected chi connectivity index (χ0v) is 14.8. The molecule has 0 atom stereocenters. The maximum atomic E-state index is 12.4. The predicted octanol–water partition coefficient (Wildman–Crippen LogP) is 1.38. The van der Waals surface area contributed by atoms with Crippen molar-refractivity contribution < 1.29 is 27.4 Å². The quantitative estimate of drug-likeness (QED) is 0.706. The summed E-state index contributed by atoms with van der Waals surface area (Å²) in [4.78, 5) is 11.4. The van der Waals surface area contributed by atoms with Crippen LogP contribution in [0, 0.1) is 0 Å². The van der Waals surface area contributed by atoms with Gasteiger partial charge in [0.15, 0.2) is 6.61 Å². The highest BCUT2D eigenvalue weighted by Gasteiger charge is 2.20. The molecule has 1 aliphatic rings. The van der Waals surface area contributed by atoms with Crippen LogP contribution in [0.5, 0.6) is 17.2 Å². The van der Waals surface area contributed by atoms with E-state index in [0.29, 0.717) is 22.9 Å². The maximum absolute atomic E-state index is 12.4. The average Bonchev–Trinajstić information content (AvgIpc) is 2.65. The fourth-order valence-corrected chi connectivity index (χ4v) is 3.37. The fraction of sp³-hybridized carbons (Fsp3) is 0.235. The number of carbonyl (C=O) groups excluding carboxylic acids is 1. The van der Waals surface area contributed by atoms with E-state index in [1.807, 2.05) is 0 Å². The first-order valence-corrected chi connectivity index (χ1v) is 9.29. The molecule has 0 unspecified atom stereocenters. The number of nitrogens with one attached hydrogen (secondary N) is 2. The van der Waals surface area contributed by atoms with Gasteiger partial charge in [-0.15, -0.1) is 0 Å². The van der Waals surface area contributed by atoms with Crippen molar-refractivity contribution in [1.82, 2.24) is 4.72 Å². The number of hydrogen-bond donors (Lipinski definition) is 2. The molecule has 2 aromatic rings. The van der Waals surface area contributed by atoms with E-state index in [1.54, 1.807) is 31.4 Å². The van der Waals surface area contributed by atoms with Gasteiger partial charge in [0, 0.05) is 6.54 Å². The van der Waals surface area contributed by atoms with Gasteiger partial charge in [0.05, 0.1) is 17.7 Å². The van der Waals surface area contributed by atoms with Crippen LogP contribution in [0.3, 0.4) is 0 Å². The van der Waals surface area contributed by atoms with Crippen molar-refractivity contribution in [2.24, 2.45) is 0 Å². The largest absolute Gasteiger partial charge is 0.497 e. The Morgan fingerprint density at radius 2 is 1.88 bits per heavy atom. The molecule has 8 nitrogen and oxygen atoms in total. The molecule has 2 N–H and O–H groups in total. The van der Waals surface area contributed by atoms with E-state index in [0.717, 1.165) is 0 Å². The van der Waals surface area contributed by atoms with E-state index in [4.69, 9.17) is 14.2 Å². The highest BCUT2D eigenvalue weighted by atomic mass is 32.2. The fourth-order valence-electron chi connectivity index (χ4n) is 2.33. The smallest absolute Gasteiger partial charge is 0.262 e. The molecule has 1 heterocycles. The summed E-state index contributed by atoms with van der Waals surface area (Å²) in [5.41, 5.74) is 0.332. The second kappa shape index (κ2) is 7.63. The lowest BCUT2D eigenvalue weighted by Crippen LogP contribution is -2.29. The second-order valence-electron chi connectivity index (χ2n) is 5.42. The van der Waals surface area contributed by atoms with Gasteiger partial charge in [-0.05, 0) is 42.5 Å². The molecular weight excluding hydrogens is 360 g/mol. The Labute approximate surface area is 151 Å². The Morgan fingerprint density at radius 1 is 1.15 bits per heavy atom. The molecule has 138 valence electrons. The van der Waals surface area contributed by atoms with Crippen LogP contribution in [-0.4, -0.2) is 41.2 Å². The van der Waals surface area contributed by atoms with Gasteiger partial charge in [-0.1, -0.05) is 0 Å². The first-order chi connectivity index (χ1) is 12.5. The lowest BCUT2D eigenvalue weighted by molar-refractivity contribution is -0.118. The van der Waals surface area contributed by atoms with Crippen LogP contribution < -0.4 is 24.2 Å². The van der Waals surface area contributed by atoms with E-state index in [9.17, 15) is 13.2 Å². The normalized spacial score (nSPS) is 13.3. The first kappa shape index (κ1) is 18.0. The third kappa shape index (κ3) is 4.24. The molecule has 0 aromatic heterocycles. The molecule has 2 aromatic carbocycles. The van der Waals surface area contributed by atoms with E-state index < -0.39 is 10.0 Å². The minimum absolute atomic E-state index is 0.0338. The van der Waals surface area contributed by atoms with Gasteiger partial charge < -0.3 is 19.5 Å². The van der Waals surface area contributed by atoms with Crippen LogP contribution >= 0.6 is 0 Å². The topological polar surface area (TPSA) is 103 Å². The summed E-state index contributed by atoms with van der Waals surface area (Å²) < 4.78 is 42.9. The molecule has 0 fully saturated rings. The van der Waals surface area contributed by atoms with E-state index in [1.165, 1.54) is 18.2 Å². The molecule has 0 aliphatic carbocycles. The number of anilines is 1. The third-order valence-electron chi connectivity index (χ3n) is 3.62. The molecule has 0 spiro atoms. The van der Waals surface area contributed by atoms with E-state index in [2.05, 4.69) is 10.0 Å². The van der Waals surface area contributed by atoms with Crippen molar-refractivity contribution in [3.05, 3.63) is 42.5 Å². The van der Waals surface area contributed by atoms with Crippen LogP contribution in [0.25, 0.3) is 0 Å². The third-order valence-corrected chi connectivity index (χ3v) is 5.08. The number of fused-ring (bicyclic) bond motifs is 1. The number of sulfonamides is 1. The number of rotatable bonds is 7. The van der Waals surface area contributed by atoms with Crippen LogP contribution in [0.2, 0.25) is 0 Å². The van der Waals surface area contributed by atoms with Crippen LogP contribution in [-0.2, 0) is 14.8 Å². The number of methoxy groups -OCH3 is 1. The zero-order valence-electron chi connectivity index (χ0n) is 14.0. The summed E-state index contributed by atoms with van der Waals surface area (Å²) in [5, 5.41) is 2.58. The van der Waals surface area contributed by atoms with Crippen molar-refractivity contribution >= 4 is 21.6 Å². The second-order valence-corrected chi connectivity index (χ2v) is 7.18. The van der Waals surface area contributed by atoms with E-state index in [-0.39, 0.29) is 30.6 Å². The Balaban J connectivity index is 1.57. The zero-order chi connectivity index (χ0) is 18.6. The predicted molar refractivity (Wildman–Crippen MR) is 94.2 cm³/mol. The summed E-state index contributed by atoms with van der Waals surface area (Å²) in [6, 6.07) is 11.3. The monoisotopic (exact) mass is 378 g/mol. The number of ether oxygens (including phenoxy) is 3. The number of hydrogen-bond acceptors (Lipinski definition) is 6. The summed E-state index contributed by atoms with van der Waals surface area (Å²) >= 11 is 0. The van der Waals surface area contributed by atoms with Crippen LogP contribution in [0.4, 0.5) is 5.69 Å². The highest BCUT2D eigenvalue weighted by Crippen LogP contribution is 2.29. The summed E-state index contributed by atoms with van der Waals surface area (Å²) in [6.45, 7) is 0.171. The van der Waals surface area contributed by atoms with Gasteiger partial charge >= 0.3 is 0 Å². The van der Waals surface area contributed by atoms with Gasteiger partial charge in [0.1, 0.15) is 23.9 Å². The lowest BCUT2D eigenvalue weighted by Gasteiger charge is -2.18. The molecule has 26 heavy (non-hydrogen) atoms. The van der Waals surface area contributed by atoms with Crippen LogP contribution in [0.15, 0.2) is 47.4 Å². The molecule has 1 aliphatic heterocycles. The van der Waals surface area contributed by atoms with Gasteiger partial charge in [0.25, 0.3) is 5.91 Å². The summed E-state index contributed by atoms with van der Waals surface area (Å²) in [5.74, 6) is 1.43. The Bertz CT molecular complexity index is 896. The van der Waals surface area contributed by atoms with E-state index >= 15 is 0 Å². The highest BCUT2D eigenvalue weighted by molar-refractivity contribution is 7.89.